The van der Waals surface area contributed by atoms with Gasteiger partial charge in [-0.25, -0.2) is 9.78 Å². The number of hydrogen-bond donors (Lipinski definition) is 0. The van der Waals surface area contributed by atoms with Crippen LogP contribution < -0.4 is 0 Å². The first-order chi connectivity index (χ1) is 14.4. The lowest BCUT2D eigenvalue weighted by atomic mass is 9.96. The molecule has 168 valence electrons. The van der Waals surface area contributed by atoms with Crippen LogP contribution >= 0.6 is 0 Å². The fourth-order valence-electron chi connectivity index (χ4n) is 4.30. The summed E-state index contributed by atoms with van der Waals surface area (Å²) in [6, 6.07) is 0. The second-order valence-electron chi connectivity index (χ2n) is 9.90. The summed E-state index contributed by atoms with van der Waals surface area (Å²) in [6.07, 6.45) is 9.64. The lowest BCUT2D eigenvalue weighted by Gasteiger charge is -2.33. The Bertz CT molecular complexity index is 709. The summed E-state index contributed by atoms with van der Waals surface area (Å²) in [4.78, 5) is 19.2. The maximum absolute atomic E-state index is 12.4. The summed E-state index contributed by atoms with van der Waals surface area (Å²) in [5, 5.41) is 0. The van der Waals surface area contributed by atoms with Crippen molar-refractivity contribution in [2.24, 2.45) is 0 Å². The van der Waals surface area contributed by atoms with Crippen LogP contribution in [0.2, 0.25) is 0 Å². The summed E-state index contributed by atoms with van der Waals surface area (Å²) in [5.74, 6) is 2.17. The molecule has 3 fully saturated rings. The number of hydrogen-bond acceptors (Lipinski definition) is 5. The van der Waals surface area contributed by atoms with E-state index in [1.54, 1.807) is 0 Å². The minimum atomic E-state index is -0.453. The van der Waals surface area contributed by atoms with E-state index in [2.05, 4.69) is 10.8 Å². The van der Waals surface area contributed by atoms with E-state index >= 15 is 0 Å². The molecule has 3 aliphatic rings. The van der Waals surface area contributed by atoms with Gasteiger partial charge >= 0.3 is 6.09 Å². The lowest BCUT2D eigenvalue weighted by molar-refractivity contribution is -0.163. The molecule has 0 aromatic carbocycles. The highest BCUT2D eigenvalue weighted by atomic mass is 16.7. The van der Waals surface area contributed by atoms with Crippen LogP contribution in [0.25, 0.3) is 0 Å². The van der Waals surface area contributed by atoms with Crippen LogP contribution in [0.4, 0.5) is 4.79 Å². The van der Waals surface area contributed by atoms with E-state index < -0.39 is 5.60 Å². The van der Waals surface area contributed by atoms with E-state index in [-0.39, 0.29) is 12.4 Å². The van der Waals surface area contributed by atoms with Crippen molar-refractivity contribution in [3.63, 3.8) is 0 Å². The van der Waals surface area contributed by atoms with Gasteiger partial charge in [-0.15, -0.1) is 0 Å². The van der Waals surface area contributed by atoms with Crippen LogP contribution in [-0.4, -0.2) is 58.7 Å². The first-order valence-electron chi connectivity index (χ1n) is 11.7. The molecule has 0 spiro atoms. The van der Waals surface area contributed by atoms with Gasteiger partial charge in [-0.05, 0) is 65.7 Å². The zero-order valence-electron chi connectivity index (χ0n) is 18.8. The van der Waals surface area contributed by atoms with Crippen molar-refractivity contribution in [1.82, 2.24) is 14.5 Å². The van der Waals surface area contributed by atoms with Gasteiger partial charge in [0.1, 0.15) is 11.4 Å². The van der Waals surface area contributed by atoms with E-state index in [0.29, 0.717) is 18.4 Å². The zero-order chi connectivity index (χ0) is 21.1. The topological polar surface area (TPSA) is 65.8 Å². The molecule has 1 aliphatic carbocycles. The predicted molar refractivity (Wildman–Crippen MR) is 114 cm³/mol. The normalized spacial score (nSPS) is 23.6. The molecule has 0 radical (unpaired) electrons. The molecule has 0 bridgehead atoms. The van der Waals surface area contributed by atoms with Gasteiger partial charge in [-0.3, -0.25) is 0 Å². The van der Waals surface area contributed by atoms with E-state index in [0.717, 1.165) is 57.7 Å². The molecule has 1 unspecified atom stereocenters. The summed E-state index contributed by atoms with van der Waals surface area (Å²) < 4.78 is 19.5. The number of amides is 1. The number of piperidine rings is 1. The van der Waals surface area contributed by atoms with Crippen LogP contribution in [0.3, 0.4) is 0 Å². The molecule has 0 N–H and O–H groups in total. The zero-order valence-corrected chi connectivity index (χ0v) is 18.8. The molecule has 2 saturated heterocycles. The minimum absolute atomic E-state index is 0.0503. The van der Waals surface area contributed by atoms with Crippen LogP contribution in [0.5, 0.6) is 0 Å². The van der Waals surface area contributed by atoms with Crippen LogP contribution in [0.15, 0.2) is 6.20 Å². The third-order valence-corrected chi connectivity index (χ3v) is 6.11. The average Bonchev–Trinajstić information content (AvgIpc) is 3.48. The molecule has 1 amide bonds. The third-order valence-electron chi connectivity index (χ3n) is 6.11. The number of ether oxygens (including phenoxy) is 3. The summed E-state index contributed by atoms with van der Waals surface area (Å²) in [5.41, 5.74) is 0.777. The second kappa shape index (κ2) is 9.27. The largest absolute Gasteiger partial charge is 0.444 e. The van der Waals surface area contributed by atoms with Gasteiger partial charge in [-0.2, -0.15) is 0 Å². The summed E-state index contributed by atoms with van der Waals surface area (Å²) >= 11 is 0. The number of nitrogens with zero attached hydrogens (tertiary/aromatic N) is 3. The SMILES string of the molecule is CC(C)(C)OC(=O)N1CCC(c2nc(C3CC3)cn2CCOC2CCCCO2)CC1. The maximum Gasteiger partial charge on any atom is 0.410 e. The smallest absolute Gasteiger partial charge is 0.410 e. The highest BCUT2D eigenvalue weighted by Crippen LogP contribution is 2.40. The van der Waals surface area contributed by atoms with Gasteiger partial charge in [0.2, 0.25) is 0 Å². The number of carbonyl (C=O) groups is 1. The Kier molecular flexibility index (Phi) is 6.68. The van der Waals surface area contributed by atoms with Gasteiger partial charge in [0.15, 0.2) is 6.29 Å². The first-order valence-corrected chi connectivity index (χ1v) is 11.7. The average molecular weight is 420 g/mol. The molecule has 7 nitrogen and oxygen atoms in total. The van der Waals surface area contributed by atoms with Crippen LogP contribution in [-0.2, 0) is 20.8 Å². The molecule has 1 atom stereocenters. The molecule has 1 aromatic rings. The molecule has 3 heterocycles. The summed E-state index contributed by atoms with van der Waals surface area (Å²) in [7, 11) is 0. The highest BCUT2D eigenvalue weighted by molar-refractivity contribution is 5.68. The van der Waals surface area contributed by atoms with Gasteiger partial charge in [0.05, 0.1) is 12.3 Å². The molecule has 4 rings (SSSR count). The molecule has 1 aromatic heterocycles. The Hall–Kier alpha value is -1.60. The first kappa shape index (κ1) is 21.6. The lowest BCUT2D eigenvalue weighted by Crippen LogP contribution is -2.41. The van der Waals surface area contributed by atoms with Gasteiger partial charge in [-0.1, -0.05) is 0 Å². The summed E-state index contributed by atoms with van der Waals surface area (Å²) in [6.45, 7) is 9.44. The van der Waals surface area contributed by atoms with E-state index in [1.165, 1.54) is 25.0 Å². The van der Waals surface area contributed by atoms with Crippen molar-refractivity contribution in [1.29, 1.82) is 0 Å². The minimum Gasteiger partial charge on any atom is -0.444 e. The third kappa shape index (κ3) is 5.76. The predicted octanol–water partition coefficient (Wildman–Crippen LogP) is 4.42. The maximum atomic E-state index is 12.4. The Morgan fingerprint density at radius 2 is 1.90 bits per heavy atom. The monoisotopic (exact) mass is 419 g/mol. The Morgan fingerprint density at radius 1 is 1.13 bits per heavy atom. The van der Waals surface area contributed by atoms with E-state index in [4.69, 9.17) is 19.2 Å². The molecule has 1 saturated carbocycles. The van der Waals surface area contributed by atoms with Gasteiger partial charge < -0.3 is 23.7 Å². The van der Waals surface area contributed by atoms with Crippen molar-refractivity contribution in [3.05, 3.63) is 17.7 Å². The number of imidazole rings is 1. The van der Waals surface area contributed by atoms with E-state index in [9.17, 15) is 4.79 Å². The fourth-order valence-corrected chi connectivity index (χ4v) is 4.30. The van der Waals surface area contributed by atoms with Gasteiger partial charge in [0.25, 0.3) is 0 Å². The number of carbonyl (C=O) groups excluding carboxylic acids is 1. The standard InChI is InChI=1S/C23H37N3O4/c1-23(2,3)30-22(27)25-11-9-18(10-12-25)21-24-19(17-7-8-17)16-26(21)13-15-29-20-6-4-5-14-28-20/h16-18,20H,4-15H2,1-3H3. The molecule has 7 heteroatoms. The van der Waals surface area contributed by atoms with Gasteiger partial charge in [0, 0.05) is 44.3 Å². The molecular weight excluding hydrogens is 382 g/mol. The van der Waals surface area contributed by atoms with Crippen molar-refractivity contribution in [2.75, 3.05) is 26.3 Å². The Morgan fingerprint density at radius 3 is 2.53 bits per heavy atom. The fraction of sp³-hybridized carbons (Fsp3) is 0.826. The molecule has 2 aliphatic heterocycles. The van der Waals surface area contributed by atoms with Crippen molar-refractivity contribution >= 4 is 6.09 Å². The van der Waals surface area contributed by atoms with Crippen molar-refractivity contribution in [3.8, 4) is 0 Å². The number of rotatable bonds is 6. The second-order valence-corrected chi connectivity index (χ2v) is 9.90. The Labute approximate surface area is 180 Å². The quantitative estimate of drug-likeness (QED) is 0.683. The van der Waals surface area contributed by atoms with Crippen LogP contribution in [0, 0.1) is 0 Å². The van der Waals surface area contributed by atoms with Crippen molar-refractivity contribution < 1.29 is 19.0 Å². The molecular formula is C23H37N3O4. The number of likely N-dealkylation sites (tertiary alicyclic amines) is 1. The van der Waals surface area contributed by atoms with E-state index in [1.807, 2.05) is 25.7 Å². The Balaban J connectivity index is 1.34. The highest BCUT2D eigenvalue weighted by Gasteiger charge is 2.32. The molecule has 30 heavy (non-hydrogen) atoms. The van der Waals surface area contributed by atoms with Crippen LogP contribution in [0.1, 0.15) is 89.1 Å². The number of aromatic nitrogens is 2. The van der Waals surface area contributed by atoms with Crippen molar-refractivity contribution in [2.45, 2.75) is 96.0 Å².